The van der Waals surface area contributed by atoms with Gasteiger partial charge < -0.3 is 5.32 Å². The van der Waals surface area contributed by atoms with E-state index >= 15 is 0 Å². The van der Waals surface area contributed by atoms with Gasteiger partial charge in [-0.15, -0.1) is 0 Å². The summed E-state index contributed by atoms with van der Waals surface area (Å²) in [5.41, 5.74) is 2.54. The first kappa shape index (κ1) is 12.6. The standard InChI is InChI=1S/C13H20BrN/c1-5-12(9(2)3)15-13-7-6-11(14)8-10(13)4/h6-9,12,15H,5H2,1-4H3. The van der Waals surface area contributed by atoms with Crippen molar-refractivity contribution < 1.29 is 0 Å². The highest BCUT2D eigenvalue weighted by Crippen LogP contribution is 2.22. The minimum atomic E-state index is 0.560. The fourth-order valence-electron chi connectivity index (χ4n) is 1.73. The molecule has 0 aliphatic rings. The van der Waals surface area contributed by atoms with Crippen LogP contribution >= 0.6 is 15.9 Å². The van der Waals surface area contributed by atoms with Gasteiger partial charge >= 0.3 is 0 Å². The molecule has 0 aliphatic heterocycles. The summed E-state index contributed by atoms with van der Waals surface area (Å²) in [5.74, 6) is 0.665. The molecule has 0 aromatic heterocycles. The lowest BCUT2D eigenvalue weighted by Gasteiger charge is -2.23. The van der Waals surface area contributed by atoms with Crippen LogP contribution in [0.5, 0.6) is 0 Å². The molecule has 0 fully saturated rings. The third kappa shape index (κ3) is 3.53. The van der Waals surface area contributed by atoms with Crippen molar-refractivity contribution in [1.29, 1.82) is 0 Å². The van der Waals surface area contributed by atoms with Crippen molar-refractivity contribution in [3.63, 3.8) is 0 Å². The zero-order chi connectivity index (χ0) is 11.4. The second-order valence-electron chi connectivity index (χ2n) is 4.36. The number of benzene rings is 1. The normalized spacial score (nSPS) is 12.9. The number of aryl methyl sites for hydroxylation is 1. The molecule has 1 nitrogen and oxygen atoms in total. The molecule has 1 N–H and O–H groups in total. The predicted molar refractivity (Wildman–Crippen MR) is 71.4 cm³/mol. The fraction of sp³-hybridized carbons (Fsp3) is 0.538. The molecular weight excluding hydrogens is 250 g/mol. The second kappa shape index (κ2) is 5.55. The van der Waals surface area contributed by atoms with E-state index in [1.54, 1.807) is 0 Å². The van der Waals surface area contributed by atoms with Gasteiger partial charge in [-0.1, -0.05) is 36.7 Å². The summed E-state index contributed by atoms with van der Waals surface area (Å²) in [4.78, 5) is 0. The van der Waals surface area contributed by atoms with E-state index in [0.29, 0.717) is 12.0 Å². The van der Waals surface area contributed by atoms with E-state index in [-0.39, 0.29) is 0 Å². The Bertz CT molecular complexity index is 320. The Morgan fingerprint density at radius 2 is 2.00 bits per heavy atom. The van der Waals surface area contributed by atoms with E-state index in [1.807, 2.05) is 0 Å². The molecule has 0 saturated carbocycles. The highest BCUT2D eigenvalue weighted by atomic mass is 79.9. The number of rotatable bonds is 4. The highest BCUT2D eigenvalue weighted by Gasteiger charge is 2.11. The van der Waals surface area contributed by atoms with Crippen molar-refractivity contribution in [2.75, 3.05) is 5.32 Å². The molecule has 84 valence electrons. The lowest BCUT2D eigenvalue weighted by atomic mass is 10.0. The number of nitrogens with one attached hydrogen (secondary N) is 1. The van der Waals surface area contributed by atoms with Crippen LogP contribution in [0.25, 0.3) is 0 Å². The molecule has 0 saturated heterocycles. The minimum Gasteiger partial charge on any atom is -0.382 e. The molecule has 0 heterocycles. The minimum absolute atomic E-state index is 0.560. The Kier molecular flexibility index (Phi) is 4.65. The van der Waals surface area contributed by atoms with E-state index in [4.69, 9.17) is 0 Å². The van der Waals surface area contributed by atoms with Crippen LogP contribution in [0.1, 0.15) is 32.8 Å². The summed E-state index contributed by atoms with van der Waals surface area (Å²) >= 11 is 3.48. The molecule has 1 aromatic carbocycles. The van der Waals surface area contributed by atoms with Gasteiger partial charge in [0.2, 0.25) is 0 Å². The van der Waals surface area contributed by atoms with Crippen molar-refractivity contribution >= 4 is 21.6 Å². The Labute approximate surface area is 101 Å². The third-order valence-corrected chi connectivity index (χ3v) is 3.27. The summed E-state index contributed by atoms with van der Waals surface area (Å²) in [5, 5.41) is 3.60. The number of halogens is 1. The van der Waals surface area contributed by atoms with Crippen molar-refractivity contribution in [3.8, 4) is 0 Å². The molecular formula is C13H20BrN. The molecule has 1 unspecified atom stereocenters. The molecule has 0 spiro atoms. The summed E-state index contributed by atoms with van der Waals surface area (Å²) in [7, 11) is 0. The zero-order valence-electron chi connectivity index (χ0n) is 9.97. The fourth-order valence-corrected chi connectivity index (χ4v) is 2.20. The van der Waals surface area contributed by atoms with Gasteiger partial charge in [0.05, 0.1) is 0 Å². The number of anilines is 1. The Balaban J connectivity index is 2.79. The summed E-state index contributed by atoms with van der Waals surface area (Å²) in [6.07, 6.45) is 1.16. The molecule has 1 aromatic rings. The molecule has 0 aliphatic carbocycles. The quantitative estimate of drug-likeness (QED) is 0.842. The maximum Gasteiger partial charge on any atom is 0.0372 e. The second-order valence-corrected chi connectivity index (χ2v) is 5.28. The van der Waals surface area contributed by atoms with Gasteiger partial charge in [0, 0.05) is 16.2 Å². The van der Waals surface area contributed by atoms with Crippen LogP contribution in [0.3, 0.4) is 0 Å². The maximum atomic E-state index is 3.60. The average molecular weight is 270 g/mol. The molecule has 15 heavy (non-hydrogen) atoms. The van der Waals surface area contributed by atoms with Gasteiger partial charge in [-0.3, -0.25) is 0 Å². The van der Waals surface area contributed by atoms with Crippen LogP contribution < -0.4 is 5.32 Å². The monoisotopic (exact) mass is 269 g/mol. The first-order chi connectivity index (χ1) is 7.04. The first-order valence-electron chi connectivity index (χ1n) is 5.57. The van der Waals surface area contributed by atoms with Crippen LogP contribution in [0.4, 0.5) is 5.69 Å². The van der Waals surface area contributed by atoms with E-state index in [2.05, 4.69) is 67.1 Å². The van der Waals surface area contributed by atoms with Crippen molar-refractivity contribution in [3.05, 3.63) is 28.2 Å². The molecule has 0 radical (unpaired) electrons. The van der Waals surface area contributed by atoms with E-state index in [9.17, 15) is 0 Å². The topological polar surface area (TPSA) is 12.0 Å². The van der Waals surface area contributed by atoms with E-state index < -0.39 is 0 Å². The summed E-state index contributed by atoms with van der Waals surface area (Å²) in [6, 6.07) is 6.94. The van der Waals surface area contributed by atoms with Crippen molar-refractivity contribution in [1.82, 2.24) is 0 Å². The lowest BCUT2D eigenvalue weighted by Crippen LogP contribution is -2.24. The third-order valence-electron chi connectivity index (χ3n) is 2.77. The molecule has 2 heteroatoms. The van der Waals surface area contributed by atoms with Crippen molar-refractivity contribution in [2.24, 2.45) is 5.92 Å². The smallest absolute Gasteiger partial charge is 0.0372 e. The summed E-state index contributed by atoms with van der Waals surface area (Å²) in [6.45, 7) is 8.89. The Morgan fingerprint density at radius 1 is 1.33 bits per heavy atom. The largest absolute Gasteiger partial charge is 0.382 e. The van der Waals surface area contributed by atoms with Gasteiger partial charge in [-0.2, -0.15) is 0 Å². The van der Waals surface area contributed by atoms with Crippen LogP contribution in [-0.4, -0.2) is 6.04 Å². The average Bonchev–Trinajstić information content (AvgIpc) is 2.16. The molecule has 1 atom stereocenters. The van der Waals surface area contributed by atoms with Crippen LogP contribution in [0.15, 0.2) is 22.7 Å². The predicted octanol–water partition coefficient (Wildman–Crippen LogP) is 4.60. The van der Waals surface area contributed by atoms with Gasteiger partial charge in [0.1, 0.15) is 0 Å². The van der Waals surface area contributed by atoms with Gasteiger partial charge in [0.25, 0.3) is 0 Å². The zero-order valence-corrected chi connectivity index (χ0v) is 11.6. The lowest BCUT2D eigenvalue weighted by molar-refractivity contribution is 0.511. The summed E-state index contributed by atoms with van der Waals surface area (Å²) < 4.78 is 1.14. The molecule has 0 bridgehead atoms. The van der Waals surface area contributed by atoms with Gasteiger partial charge in [-0.25, -0.2) is 0 Å². The molecule has 0 amide bonds. The Hall–Kier alpha value is -0.500. The Morgan fingerprint density at radius 3 is 2.47 bits per heavy atom. The highest BCUT2D eigenvalue weighted by molar-refractivity contribution is 9.10. The maximum absolute atomic E-state index is 3.60. The SMILES string of the molecule is CCC(Nc1ccc(Br)cc1C)C(C)C. The number of hydrogen-bond donors (Lipinski definition) is 1. The van der Waals surface area contributed by atoms with E-state index in [0.717, 1.165) is 10.9 Å². The molecule has 1 rings (SSSR count). The number of hydrogen-bond acceptors (Lipinski definition) is 1. The first-order valence-corrected chi connectivity index (χ1v) is 6.36. The van der Waals surface area contributed by atoms with Crippen LogP contribution in [-0.2, 0) is 0 Å². The van der Waals surface area contributed by atoms with Crippen LogP contribution in [0.2, 0.25) is 0 Å². The van der Waals surface area contributed by atoms with E-state index in [1.165, 1.54) is 11.3 Å². The van der Waals surface area contributed by atoms with Gasteiger partial charge in [0.15, 0.2) is 0 Å². The van der Waals surface area contributed by atoms with Gasteiger partial charge in [-0.05, 0) is 43.0 Å². The van der Waals surface area contributed by atoms with Crippen LogP contribution in [0, 0.1) is 12.8 Å². The van der Waals surface area contributed by atoms with Crippen molar-refractivity contribution in [2.45, 2.75) is 40.2 Å².